The van der Waals surface area contributed by atoms with Crippen LogP contribution in [0.2, 0.25) is 0 Å². The highest BCUT2D eigenvalue weighted by atomic mass is 16.6. The summed E-state index contributed by atoms with van der Waals surface area (Å²) in [6.07, 6.45) is 9.30. The van der Waals surface area contributed by atoms with E-state index in [-0.39, 0.29) is 6.54 Å². The van der Waals surface area contributed by atoms with Crippen molar-refractivity contribution in [3.8, 4) is 0 Å². The summed E-state index contributed by atoms with van der Waals surface area (Å²) >= 11 is 0. The number of carboxylic acids is 1. The second-order valence-corrected chi connectivity index (χ2v) is 7.94. The van der Waals surface area contributed by atoms with Gasteiger partial charge in [-0.1, -0.05) is 77.6 Å². The SMILES string of the molecule is CCCCCCCCCCCCCCNCC(=O)[C@@H](O)[C@@H](O)[C@H](O)COC(=O)C(=O)O. The number of aliphatic carboxylic acids is 1. The molecule has 0 saturated heterocycles. The number of hydrogen-bond donors (Lipinski definition) is 5. The van der Waals surface area contributed by atoms with E-state index in [0.717, 1.165) is 19.3 Å². The largest absolute Gasteiger partial charge is 0.473 e. The lowest BCUT2D eigenvalue weighted by atomic mass is 10.0. The second kappa shape index (κ2) is 19.2. The molecule has 0 amide bonds. The molecule has 0 rings (SSSR count). The lowest BCUT2D eigenvalue weighted by molar-refractivity contribution is -0.168. The number of aliphatic hydroxyl groups excluding tert-OH is 3. The fourth-order valence-corrected chi connectivity index (χ4v) is 3.13. The Balaban J connectivity index is 3.67. The first-order valence-electron chi connectivity index (χ1n) is 11.5. The molecule has 0 aromatic heterocycles. The van der Waals surface area contributed by atoms with E-state index >= 15 is 0 Å². The van der Waals surface area contributed by atoms with E-state index in [1.807, 2.05) is 0 Å². The molecule has 0 radical (unpaired) electrons. The van der Waals surface area contributed by atoms with E-state index in [1.54, 1.807) is 0 Å². The first-order chi connectivity index (χ1) is 14.8. The third-order valence-corrected chi connectivity index (χ3v) is 5.11. The Hall–Kier alpha value is -1.55. The van der Waals surface area contributed by atoms with Crippen molar-refractivity contribution in [3.05, 3.63) is 0 Å². The molecule has 0 spiro atoms. The highest BCUT2D eigenvalue weighted by Gasteiger charge is 2.31. The molecule has 0 bridgehead atoms. The van der Waals surface area contributed by atoms with Gasteiger partial charge >= 0.3 is 11.9 Å². The van der Waals surface area contributed by atoms with E-state index in [4.69, 9.17) is 5.11 Å². The number of carbonyl (C=O) groups excluding carboxylic acids is 2. The van der Waals surface area contributed by atoms with Crippen LogP contribution in [0.5, 0.6) is 0 Å². The van der Waals surface area contributed by atoms with Gasteiger partial charge < -0.3 is 30.5 Å². The molecule has 0 aliphatic carbocycles. The number of carboxylic acid groups (broad SMARTS) is 1. The number of rotatable bonds is 20. The number of aliphatic hydroxyl groups is 3. The quantitative estimate of drug-likeness (QED) is 0.106. The molecule has 9 heteroatoms. The lowest BCUT2D eigenvalue weighted by Crippen LogP contribution is -2.47. The molecule has 0 aromatic carbocycles. The van der Waals surface area contributed by atoms with Crippen molar-refractivity contribution in [2.45, 2.75) is 102 Å². The molecule has 9 nitrogen and oxygen atoms in total. The minimum Gasteiger partial charge on any atom is -0.473 e. The normalized spacial score (nSPS) is 14.1. The van der Waals surface area contributed by atoms with Crippen LogP contribution in [-0.4, -0.2) is 76.2 Å². The Labute approximate surface area is 185 Å². The summed E-state index contributed by atoms with van der Waals surface area (Å²) in [6, 6.07) is 0. The zero-order valence-corrected chi connectivity index (χ0v) is 18.8. The van der Waals surface area contributed by atoms with E-state index in [1.165, 1.54) is 57.8 Å². The van der Waals surface area contributed by atoms with Crippen LogP contribution in [0.25, 0.3) is 0 Å². The van der Waals surface area contributed by atoms with E-state index < -0.39 is 42.6 Å². The second-order valence-electron chi connectivity index (χ2n) is 7.94. The van der Waals surface area contributed by atoms with Crippen molar-refractivity contribution in [2.75, 3.05) is 19.7 Å². The summed E-state index contributed by atoms with van der Waals surface area (Å²) in [5, 5.41) is 40.4. The van der Waals surface area contributed by atoms with Gasteiger partial charge in [0.25, 0.3) is 0 Å². The van der Waals surface area contributed by atoms with Crippen LogP contribution >= 0.6 is 0 Å². The van der Waals surface area contributed by atoms with Gasteiger partial charge in [0.1, 0.15) is 24.9 Å². The summed E-state index contributed by atoms with van der Waals surface area (Å²) in [4.78, 5) is 33.0. The molecule has 0 aliphatic heterocycles. The predicted octanol–water partition coefficient (Wildman–Crippen LogP) is 1.56. The van der Waals surface area contributed by atoms with Gasteiger partial charge in [0, 0.05) is 0 Å². The molecule has 0 aliphatic rings. The van der Waals surface area contributed by atoms with Crippen LogP contribution in [0, 0.1) is 0 Å². The third-order valence-electron chi connectivity index (χ3n) is 5.11. The van der Waals surface area contributed by atoms with Gasteiger partial charge in [0.2, 0.25) is 0 Å². The number of nitrogens with one attached hydrogen (secondary N) is 1. The molecule has 0 saturated carbocycles. The standard InChI is InChI=1S/C22H41NO8/c1-2-3-4-5-6-7-8-9-10-11-12-13-14-23-15-17(24)19(26)20(27)18(25)16-31-22(30)21(28)29/h18-20,23,25-27H,2-16H2,1H3,(H,28,29)/t18-,19-,20+/m1/s1. The van der Waals surface area contributed by atoms with Crippen LogP contribution < -0.4 is 5.32 Å². The Morgan fingerprint density at radius 2 is 1.29 bits per heavy atom. The predicted molar refractivity (Wildman–Crippen MR) is 116 cm³/mol. The van der Waals surface area contributed by atoms with Gasteiger partial charge in [0.05, 0.1) is 6.54 Å². The summed E-state index contributed by atoms with van der Waals surface area (Å²) in [5.41, 5.74) is 0. The maximum atomic E-state index is 11.9. The Morgan fingerprint density at radius 3 is 1.77 bits per heavy atom. The number of hydrogen-bond acceptors (Lipinski definition) is 8. The Bertz CT molecular complexity index is 500. The fraction of sp³-hybridized carbons (Fsp3) is 0.864. The van der Waals surface area contributed by atoms with Crippen molar-refractivity contribution < 1.29 is 39.5 Å². The minimum absolute atomic E-state index is 0.169. The smallest absolute Gasteiger partial charge is 0.417 e. The molecule has 0 aromatic rings. The van der Waals surface area contributed by atoms with Crippen LogP contribution in [-0.2, 0) is 19.1 Å². The summed E-state index contributed by atoms with van der Waals surface area (Å²) in [7, 11) is 0. The van der Waals surface area contributed by atoms with Gasteiger partial charge in [-0.3, -0.25) is 4.79 Å². The zero-order chi connectivity index (χ0) is 23.5. The van der Waals surface area contributed by atoms with Crippen LogP contribution in [0.4, 0.5) is 0 Å². The van der Waals surface area contributed by atoms with Gasteiger partial charge in [-0.2, -0.15) is 0 Å². The van der Waals surface area contributed by atoms with Crippen molar-refractivity contribution in [1.29, 1.82) is 0 Å². The van der Waals surface area contributed by atoms with Crippen molar-refractivity contribution >= 4 is 17.7 Å². The summed E-state index contributed by atoms with van der Waals surface area (Å²) < 4.78 is 4.22. The van der Waals surface area contributed by atoms with Crippen molar-refractivity contribution in [3.63, 3.8) is 0 Å². The third kappa shape index (κ3) is 15.8. The Morgan fingerprint density at radius 1 is 0.806 bits per heavy atom. The van der Waals surface area contributed by atoms with Gasteiger partial charge in [-0.15, -0.1) is 0 Å². The average molecular weight is 448 g/mol. The number of ether oxygens (including phenoxy) is 1. The number of Topliss-reactive ketones (excluding diaryl/α,β-unsaturated/α-hetero) is 1. The topological polar surface area (TPSA) is 153 Å². The maximum absolute atomic E-state index is 11.9. The van der Waals surface area contributed by atoms with Gasteiger partial charge in [-0.25, -0.2) is 9.59 Å². The first kappa shape index (κ1) is 29.5. The summed E-state index contributed by atoms with van der Waals surface area (Å²) in [5.74, 6) is -4.16. The van der Waals surface area contributed by atoms with Crippen LogP contribution in [0.15, 0.2) is 0 Å². The Kier molecular flexibility index (Phi) is 18.2. The monoisotopic (exact) mass is 447 g/mol. The van der Waals surface area contributed by atoms with E-state index in [2.05, 4.69) is 17.0 Å². The molecular formula is C22H41NO8. The first-order valence-corrected chi connectivity index (χ1v) is 11.5. The number of carbonyl (C=O) groups is 3. The zero-order valence-electron chi connectivity index (χ0n) is 18.8. The van der Waals surface area contributed by atoms with Crippen molar-refractivity contribution in [1.82, 2.24) is 5.32 Å². The highest BCUT2D eigenvalue weighted by Crippen LogP contribution is 2.11. The van der Waals surface area contributed by atoms with Gasteiger partial charge in [0.15, 0.2) is 5.78 Å². The average Bonchev–Trinajstić information content (AvgIpc) is 2.75. The molecule has 0 fully saturated rings. The minimum atomic E-state index is -1.89. The fourth-order valence-electron chi connectivity index (χ4n) is 3.13. The number of ketones is 1. The molecule has 0 heterocycles. The number of unbranched alkanes of at least 4 members (excludes halogenated alkanes) is 11. The molecule has 5 N–H and O–H groups in total. The van der Waals surface area contributed by atoms with E-state index in [0.29, 0.717) is 6.54 Å². The van der Waals surface area contributed by atoms with Gasteiger partial charge in [-0.05, 0) is 13.0 Å². The molecule has 3 atom stereocenters. The summed E-state index contributed by atoms with van der Waals surface area (Å²) in [6.45, 7) is 1.81. The molecular weight excluding hydrogens is 406 g/mol. The molecule has 0 unspecified atom stereocenters. The lowest BCUT2D eigenvalue weighted by Gasteiger charge is -2.21. The van der Waals surface area contributed by atoms with Crippen molar-refractivity contribution in [2.24, 2.45) is 0 Å². The molecule has 182 valence electrons. The van der Waals surface area contributed by atoms with Crippen LogP contribution in [0.1, 0.15) is 84.0 Å². The van der Waals surface area contributed by atoms with E-state index in [9.17, 15) is 29.7 Å². The number of esters is 1. The highest BCUT2D eigenvalue weighted by molar-refractivity contribution is 6.28. The molecule has 31 heavy (non-hydrogen) atoms. The van der Waals surface area contributed by atoms with Crippen LogP contribution in [0.3, 0.4) is 0 Å². The maximum Gasteiger partial charge on any atom is 0.417 e.